The van der Waals surface area contributed by atoms with Crippen molar-refractivity contribution in [3.8, 4) is 0 Å². The Bertz CT molecular complexity index is 540. The first-order valence-corrected chi connectivity index (χ1v) is 6.86. The zero-order valence-electron chi connectivity index (χ0n) is 12.0. The number of nitrogens with two attached hydrogens (primary N) is 1. The molecule has 1 atom stereocenters. The molecule has 5 nitrogen and oxygen atoms in total. The van der Waals surface area contributed by atoms with Crippen LogP contribution in [0, 0.1) is 13.8 Å². The van der Waals surface area contributed by atoms with E-state index >= 15 is 0 Å². The van der Waals surface area contributed by atoms with Crippen LogP contribution in [0.15, 0.2) is 23.4 Å². The second kappa shape index (κ2) is 5.94. The van der Waals surface area contributed by atoms with Gasteiger partial charge >= 0.3 is 0 Å². The van der Waals surface area contributed by atoms with Crippen molar-refractivity contribution < 1.29 is 10.0 Å². The fraction of sp³-hybridized carbons (Fsp3) is 0.467. The Morgan fingerprint density at radius 3 is 2.85 bits per heavy atom. The summed E-state index contributed by atoms with van der Waals surface area (Å²) in [6.45, 7) is 4.76. The summed E-state index contributed by atoms with van der Waals surface area (Å²) >= 11 is 0. The zero-order chi connectivity index (χ0) is 14.7. The number of rotatable bonds is 3. The molecule has 1 unspecified atom stereocenters. The Hall–Kier alpha value is -2.04. The maximum absolute atomic E-state index is 12.4. The molecule has 1 amide bonds. The van der Waals surface area contributed by atoms with Gasteiger partial charge < -0.3 is 15.8 Å². The summed E-state index contributed by atoms with van der Waals surface area (Å²) in [6, 6.07) is 5.79. The molecule has 0 aromatic heterocycles. The van der Waals surface area contributed by atoms with Crippen LogP contribution < -0.4 is 5.73 Å². The van der Waals surface area contributed by atoms with Crippen LogP contribution in [0.1, 0.15) is 29.5 Å². The minimum Gasteiger partial charge on any atom is -0.409 e. The van der Waals surface area contributed by atoms with E-state index in [1.165, 1.54) is 11.1 Å². The number of aryl methyl sites for hydroxylation is 2. The third-order valence-corrected chi connectivity index (χ3v) is 3.96. The lowest BCUT2D eigenvalue weighted by atomic mass is 10.0. The molecule has 5 heteroatoms. The van der Waals surface area contributed by atoms with Gasteiger partial charge in [0.15, 0.2) is 5.84 Å². The Kier molecular flexibility index (Phi) is 4.27. The molecule has 0 bridgehead atoms. The number of hydrogen-bond acceptors (Lipinski definition) is 3. The molecule has 1 aliphatic rings. The van der Waals surface area contributed by atoms with E-state index in [-0.39, 0.29) is 17.8 Å². The SMILES string of the molecule is Cc1ccc(CC(=O)N2CCCC2C(N)=NO)cc1C. The van der Waals surface area contributed by atoms with Gasteiger partial charge in [0.2, 0.25) is 5.91 Å². The Morgan fingerprint density at radius 2 is 2.20 bits per heavy atom. The average Bonchev–Trinajstić information content (AvgIpc) is 2.91. The van der Waals surface area contributed by atoms with Crippen LogP contribution in [-0.4, -0.2) is 34.4 Å². The van der Waals surface area contributed by atoms with E-state index in [0.717, 1.165) is 18.4 Å². The van der Waals surface area contributed by atoms with Crippen molar-refractivity contribution in [3.05, 3.63) is 34.9 Å². The monoisotopic (exact) mass is 275 g/mol. The minimum absolute atomic E-state index is 0.0300. The molecule has 3 N–H and O–H groups in total. The van der Waals surface area contributed by atoms with Gasteiger partial charge in [-0.3, -0.25) is 4.79 Å². The van der Waals surface area contributed by atoms with Crippen molar-refractivity contribution in [3.63, 3.8) is 0 Å². The van der Waals surface area contributed by atoms with Gasteiger partial charge in [-0.1, -0.05) is 23.4 Å². The van der Waals surface area contributed by atoms with Crippen LogP contribution in [0.4, 0.5) is 0 Å². The molecule has 108 valence electrons. The largest absolute Gasteiger partial charge is 0.409 e. The van der Waals surface area contributed by atoms with Gasteiger partial charge in [-0.15, -0.1) is 0 Å². The lowest BCUT2D eigenvalue weighted by Crippen LogP contribution is -2.44. The van der Waals surface area contributed by atoms with Gasteiger partial charge in [0.05, 0.1) is 12.5 Å². The van der Waals surface area contributed by atoms with Crippen LogP contribution in [0.2, 0.25) is 0 Å². The van der Waals surface area contributed by atoms with Crippen molar-refractivity contribution in [1.29, 1.82) is 0 Å². The Labute approximate surface area is 119 Å². The van der Waals surface area contributed by atoms with Crippen LogP contribution in [0.3, 0.4) is 0 Å². The molecule has 1 aromatic rings. The standard InChI is InChI=1S/C15H21N3O2/c1-10-5-6-12(8-11(10)2)9-14(19)18-7-3-4-13(18)15(16)17-20/h5-6,8,13,20H,3-4,7,9H2,1-2H3,(H2,16,17). The molecule has 0 aliphatic carbocycles. The van der Waals surface area contributed by atoms with E-state index in [1.807, 2.05) is 25.1 Å². The molecule has 20 heavy (non-hydrogen) atoms. The van der Waals surface area contributed by atoms with Crippen molar-refractivity contribution in [1.82, 2.24) is 4.90 Å². The molecular formula is C15H21N3O2. The highest BCUT2D eigenvalue weighted by Crippen LogP contribution is 2.19. The van der Waals surface area contributed by atoms with Crippen molar-refractivity contribution in [2.24, 2.45) is 10.9 Å². The van der Waals surface area contributed by atoms with Gasteiger partial charge in [-0.2, -0.15) is 0 Å². The molecule has 1 aromatic carbocycles. The van der Waals surface area contributed by atoms with E-state index in [1.54, 1.807) is 4.90 Å². The van der Waals surface area contributed by atoms with Crippen LogP contribution >= 0.6 is 0 Å². The fourth-order valence-electron chi connectivity index (χ4n) is 2.63. The molecule has 0 saturated carbocycles. The Balaban J connectivity index is 2.09. The number of oxime groups is 1. The maximum Gasteiger partial charge on any atom is 0.227 e. The summed E-state index contributed by atoms with van der Waals surface area (Å²) in [7, 11) is 0. The molecule has 0 radical (unpaired) electrons. The number of nitrogens with zero attached hydrogens (tertiary/aromatic N) is 2. The number of likely N-dealkylation sites (tertiary alicyclic amines) is 1. The van der Waals surface area contributed by atoms with E-state index in [4.69, 9.17) is 10.9 Å². The second-order valence-electron chi connectivity index (χ2n) is 5.37. The van der Waals surface area contributed by atoms with Crippen molar-refractivity contribution in [2.75, 3.05) is 6.54 Å². The molecule has 1 fully saturated rings. The van der Waals surface area contributed by atoms with Crippen LogP contribution in [-0.2, 0) is 11.2 Å². The first-order valence-electron chi connectivity index (χ1n) is 6.86. The average molecular weight is 275 g/mol. The summed E-state index contributed by atoms with van der Waals surface area (Å²) in [5, 5.41) is 11.8. The van der Waals surface area contributed by atoms with Gasteiger partial charge in [-0.25, -0.2) is 0 Å². The summed E-state index contributed by atoms with van der Waals surface area (Å²) in [6.07, 6.45) is 2.00. The third kappa shape index (κ3) is 2.92. The first kappa shape index (κ1) is 14.4. The highest BCUT2D eigenvalue weighted by molar-refractivity contribution is 5.91. The van der Waals surface area contributed by atoms with E-state index in [0.29, 0.717) is 13.0 Å². The molecular weight excluding hydrogens is 254 g/mol. The quantitative estimate of drug-likeness (QED) is 0.380. The number of benzene rings is 1. The van der Waals surface area contributed by atoms with E-state index in [2.05, 4.69) is 12.1 Å². The van der Waals surface area contributed by atoms with Crippen LogP contribution in [0.5, 0.6) is 0 Å². The van der Waals surface area contributed by atoms with E-state index < -0.39 is 0 Å². The van der Waals surface area contributed by atoms with Gasteiger partial charge in [-0.05, 0) is 43.4 Å². The normalized spacial score (nSPS) is 19.4. The van der Waals surface area contributed by atoms with E-state index in [9.17, 15) is 4.79 Å². The number of hydrogen-bond donors (Lipinski definition) is 2. The maximum atomic E-state index is 12.4. The summed E-state index contributed by atoms with van der Waals surface area (Å²) in [5.41, 5.74) is 9.06. The van der Waals surface area contributed by atoms with Crippen molar-refractivity contribution >= 4 is 11.7 Å². The molecule has 1 heterocycles. The van der Waals surface area contributed by atoms with Crippen LogP contribution in [0.25, 0.3) is 0 Å². The Morgan fingerprint density at radius 1 is 1.45 bits per heavy atom. The first-order chi connectivity index (χ1) is 9.52. The van der Waals surface area contributed by atoms with Crippen molar-refractivity contribution in [2.45, 2.75) is 39.2 Å². The number of amides is 1. The molecule has 0 spiro atoms. The number of carbonyl (C=O) groups is 1. The fourth-order valence-corrected chi connectivity index (χ4v) is 2.63. The third-order valence-electron chi connectivity index (χ3n) is 3.96. The lowest BCUT2D eigenvalue weighted by Gasteiger charge is -2.23. The predicted molar refractivity (Wildman–Crippen MR) is 77.8 cm³/mol. The summed E-state index contributed by atoms with van der Waals surface area (Å²) < 4.78 is 0. The zero-order valence-corrected chi connectivity index (χ0v) is 12.0. The lowest BCUT2D eigenvalue weighted by molar-refractivity contribution is -0.130. The molecule has 1 saturated heterocycles. The second-order valence-corrected chi connectivity index (χ2v) is 5.37. The smallest absolute Gasteiger partial charge is 0.227 e. The number of carbonyl (C=O) groups excluding carboxylic acids is 1. The number of amidine groups is 1. The van der Waals surface area contributed by atoms with Gasteiger partial charge in [0.1, 0.15) is 0 Å². The highest BCUT2D eigenvalue weighted by atomic mass is 16.4. The molecule has 1 aliphatic heterocycles. The highest BCUT2D eigenvalue weighted by Gasteiger charge is 2.31. The van der Waals surface area contributed by atoms with Gasteiger partial charge in [0, 0.05) is 6.54 Å². The topological polar surface area (TPSA) is 78.9 Å². The molecule has 2 rings (SSSR count). The minimum atomic E-state index is -0.265. The van der Waals surface area contributed by atoms with Gasteiger partial charge in [0.25, 0.3) is 0 Å². The predicted octanol–water partition coefficient (Wildman–Crippen LogP) is 1.58. The summed E-state index contributed by atoms with van der Waals surface area (Å²) in [4.78, 5) is 14.1. The summed E-state index contributed by atoms with van der Waals surface area (Å²) in [5.74, 6) is 0.151.